The van der Waals surface area contributed by atoms with Gasteiger partial charge in [-0.2, -0.15) is 13.2 Å². The fraction of sp³-hybridized carbons (Fsp3) is 0.0769. The third kappa shape index (κ3) is 2.43. The Morgan fingerprint density at radius 2 is 1.56 bits per heavy atom. The van der Waals surface area contributed by atoms with Gasteiger partial charge in [-0.15, -0.1) is 0 Å². The van der Waals surface area contributed by atoms with Crippen molar-refractivity contribution in [2.75, 3.05) is 0 Å². The van der Waals surface area contributed by atoms with E-state index < -0.39 is 11.7 Å². The lowest BCUT2D eigenvalue weighted by molar-refractivity contribution is -0.137. The van der Waals surface area contributed by atoms with Gasteiger partial charge >= 0.3 is 6.18 Å². The summed E-state index contributed by atoms with van der Waals surface area (Å²) in [4.78, 5) is 0. The van der Waals surface area contributed by atoms with E-state index in [0.717, 1.165) is 12.1 Å². The number of hydrogen-bond donors (Lipinski definition) is 1. The monoisotopic (exact) mass is 272 g/mol. The van der Waals surface area contributed by atoms with Gasteiger partial charge in [0.2, 0.25) is 0 Å². The average molecular weight is 273 g/mol. The van der Waals surface area contributed by atoms with Gasteiger partial charge in [-0.3, -0.25) is 0 Å². The normalized spacial score (nSPS) is 11.6. The van der Waals surface area contributed by atoms with Gasteiger partial charge in [0.1, 0.15) is 5.75 Å². The number of phenolic OH excluding ortho intramolecular Hbond substituents is 1. The van der Waals surface area contributed by atoms with Crippen molar-refractivity contribution in [1.29, 1.82) is 0 Å². The van der Waals surface area contributed by atoms with Crippen LogP contribution in [-0.4, -0.2) is 5.11 Å². The minimum atomic E-state index is -4.37. The summed E-state index contributed by atoms with van der Waals surface area (Å²) in [5.41, 5.74) is 0.145. The molecule has 94 valence electrons. The average Bonchev–Trinajstić information content (AvgIpc) is 2.32. The number of para-hydroxylation sites is 1. The molecular formula is C13H8ClF3O. The Hall–Kier alpha value is -1.68. The minimum Gasteiger partial charge on any atom is -0.506 e. The quantitative estimate of drug-likeness (QED) is 0.795. The largest absolute Gasteiger partial charge is 0.506 e. The van der Waals surface area contributed by atoms with Crippen molar-refractivity contribution in [3.05, 3.63) is 53.1 Å². The van der Waals surface area contributed by atoms with Crippen molar-refractivity contribution in [3.63, 3.8) is 0 Å². The molecule has 0 spiro atoms. The van der Waals surface area contributed by atoms with E-state index in [-0.39, 0.29) is 10.8 Å². The van der Waals surface area contributed by atoms with Crippen LogP contribution in [0, 0.1) is 0 Å². The third-order valence-electron chi connectivity index (χ3n) is 2.51. The number of benzene rings is 2. The summed E-state index contributed by atoms with van der Waals surface area (Å²) in [6.45, 7) is 0. The summed E-state index contributed by atoms with van der Waals surface area (Å²) < 4.78 is 37.2. The number of hydrogen-bond acceptors (Lipinski definition) is 1. The van der Waals surface area contributed by atoms with E-state index in [1.165, 1.54) is 18.2 Å². The SMILES string of the molecule is Oc1c(Cl)cccc1-c1ccc(C(F)(F)F)cc1. The lowest BCUT2D eigenvalue weighted by Gasteiger charge is -2.09. The Morgan fingerprint density at radius 1 is 0.944 bits per heavy atom. The molecule has 0 amide bonds. The maximum Gasteiger partial charge on any atom is 0.416 e. The van der Waals surface area contributed by atoms with Gasteiger partial charge in [-0.1, -0.05) is 35.9 Å². The van der Waals surface area contributed by atoms with Crippen molar-refractivity contribution in [3.8, 4) is 16.9 Å². The number of alkyl halides is 3. The Kier molecular flexibility index (Phi) is 3.22. The van der Waals surface area contributed by atoms with E-state index >= 15 is 0 Å². The van der Waals surface area contributed by atoms with Crippen molar-refractivity contribution in [1.82, 2.24) is 0 Å². The maximum atomic E-state index is 12.4. The molecule has 0 saturated carbocycles. The second-order valence-corrected chi connectivity index (χ2v) is 4.12. The van der Waals surface area contributed by atoms with Gasteiger partial charge in [0.05, 0.1) is 10.6 Å². The molecule has 0 aromatic heterocycles. The van der Waals surface area contributed by atoms with Crippen LogP contribution >= 0.6 is 11.6 Å². The molecule has 18 heavy (non-hydrogen) atoms. The van der Waals surface area contributed by atoms with Gasteiger partial charge < -0.3 is 5.11 Å². The second-order valence-electron chi connectivity index (χ2n) is 3.71. The highest BCUT2D eigenvalue weighted by Crippen LogP contribution is 2.36. The number of halogens is 4. The molecule has 1 nitrogen and oxygen atoms in total. The zero-order valence-electron chi connectivity index (χ0n) is 9.00. The topological polar surface area (TPSA) is 20.2 Å². The first kappa shape index (κ1) is 12.8. The summed E-state index contributed by atoms with van der Waals surface area (Å²) >= 11 is 5.74. The summed E-state index contributed by atoms with van der Waals surface area (Å²) in [6.07, 6.45) is -4.37. The van der Waals surface area contributed by atoms with Crippen LogP contribution in [0.15, 0.2) is 42.5 Å². The number of phenols is 1. The highest BCUT2D eigenvalue weighted by Gasteiger charge is 2.30. The molecule has 5 heteroatoms. The predicted molar refractivity (Wildman–Crippen MR) is 63.6 cm³/mol. The van der Waals surface area contributed by atoms with Crippen LogP contribution in [0.1, 0.15) is 5.56 Å². The van der Waals surface area contributed by atoms with Crippen LogP contribution in [0.25, 0.3) is 11.1 Å². The summed E-state index contributed by atoms with van der Waals surface area (Å²) in [6, 6.07) is 9.25. The van der Waals surface area contributed by atoms with Crippen LogP contribution < -0.4 is 0 Å². The van der Waals surface area contributed by atoms with Crippen LogP contribution in [0.4, 0.5) is 13.2 Å². The molecule has 2 aromatic carbocycles. The Balaban J connectivity index is 2.44. The highest BCUT2D eigenvalue weighted by molar-refractivity contribution is 6.32. The first-order valence-corrected chi connectivity index (χ1v) is 5.42. The zero-order chi connectivity index (χ0) is 13.3. The van der Waals surface area contributed by atoms with Crippen LogP contribution in [0.5, 0.6) is 5.75 Å². The zero-order valence-corrected chi connectivity index (χ0v) is 9.76. The Morgan fingerprint density at radius 3 is 2.11 bits per heavy atom. The van der Waals surface area contributed by atoms with Crippen LogP contribution in [-0.2, 0) is 6.18 Å². The highest BCUT2D eigenvalue weighted by atomic mass is 35.5. The van der Waals surface area contributed by atoms with Crippen LogP contribution in [0.2, 0.25) is 5.02 Å². The molecule has 2 aromatic rings. The molecule has 0 saturated heterocycles. The summed E-state index contributed by atoms with van der Waals surface area (Å²) in [5, 5.41) is 9.89. The molecule has 0 atom stereocenters. The van der Waals surface area contributed by atoms with Gasteiger partial charge in [0.25, 0.3) is 0 Å². The van der Waals surface area contributed by atoms with Crippen molar-refractivity contribution in [2.24, 2.45) is 0 Å². The predicted octanol–water partition coefficient (Wildman–Crippen LogP) is 4.73. The van der Waals surface area contributed by atoms with E-state index in [1.54, 1.807) is 12.1 Å². The van der Waals surface area contributed by atoms with Crippen molar-refractivity contribution < 1.29 is 18.3 Å². The maximum absolute atomic E-state index is 12.4. The number of aromatic hydroxyl groups is 1. The summed E-state index contributed by atoms with van der Waals surface area (Å²) in [5.74, 6) is -0.140. The minimum absolute atomic E-state index is 0.140. The lowest BCUT2D eigenvalue weighted by Crippen LogP contribution is -2.03. The van der Waals surface area contributed by atoms with E-state index in [0.29, 0.717) is 11.1 Å². The summed E-state index contributed by atoms with van der Waals surface area (Å²) in [7, 11) is 0. The van der Waals surface area contributed by atoms with Gasteiger partial charge in [-0.25, -0.2) is 0 Å². The van der Waals surface area contributed by atoms with E-state index in [1.807, 2.05) is 0 Å². The Labute approximate surface area is 106 Å². The van der Waals surface area contributed by atoms with E-state index in [2.05, 4.69) is 0 Å². The standard InChI is InChI=1S/C13H8ClF3O/c14-11-3-1-2-10(12(11)18)8-4-6-9(7-5-8)13(15,16)17/h1-7,18H. The van der Waals surface area contributed by atoms with Crippen LogP contribution in [0.3, 0.4) is 0 Å². The molecule has 0 aliphatic heterocycles. The lowest BCUT2D eigenvalue weighted by atomic mass is 10.0. The molecule has 0 heterocycles. The van der Waals surface area contributed by atoms with E-state index in [9.17, 15) is 18.3 Å². The van der Waals surface area contributed by atoms with Gasteiger partial charge in [0, 0.05) is 5.56 Å². The first-order chi connectivity index (χ1) is 8.39. The van der Waals surface area contributed by atoms with Gasteiger partial charge in [0.15, 0.2) is 0 Å². The molecule has 0 aliphatic carbocycles. The molecule has 0 aliphatic rings. The molecule has 0 bridgehead atoms. The second kappa shape index (κ2) is 4.53. The first-order valence-electron chi connectivity index (χ1n) is 5.04. The van der Waals surface area contributed by atoms with E-state index in [4.69, 9.17) is 11.6 Å². The third-order valence-corrected chi connectivity index (χ3v) is 2.82. The fourth-order valence-electron chi connectivity index (χ4n) is 1.59. The molecule has 2 rings (SSSR count). The molecule has 0 radical (unpaired) electrons. The smallest absolute Gasteiger partial charge is 0.416 e. The fourth-order valence-corrected chi connectivity index (χ4v) is 1.76. The van der Waals surface area contributed by atoms with Crippen molar-refractivity contribution in [2.45, 2.75) is 6.18 Å². The number of rotatable bonds is 1. The molecule has 0 fully saturated rings. The molecule has 1 N–H and O–H groups in total. The Bertz CT molecular complexity index is 561. The molecular weight excluding hydrogens is 265 g/mol. The molecule has 0 unspecified atom stereocenters. The van der Waals surface area contributed by atoms with Crippen molar-refractivity contribution >= 4 is 11.6 Å². The van der Waals surface area contributed by atoms with Gasteiger partial charge in [-0.05, 0) is 23.8 Å².